The number of rotatable bonds is 8. The molecule has 1 aromatic heterocycles. The molecule has 0 fully saturated rings. The number of aromatic nitrogens is 2. The lowest BCUT2D eigenvalue weighted by Crippen LogP contribution is -2.28. The first-order valence-corrected chi connectivity index (χ1v) is 6.66. The molecule has 102 valence electrons. The zero-order valence-electron chi connectivity index (χ0n) is 11.6. The topological polar surface area (TPSA) is 61.3 Å². The normalized spacial score (nSPS) is 10.4. The maximum absolute atomic E-state index is 9.10. The Morgan fingerprint density at radius 1 is 1.22 bits per heavy atom. The van der Waals surface area contributed by atoms with Crippen molar-refractivity contribution in [3.8, 4) is 0 Å². The lowest BCUT2D eigenvalue weighted by molar-refractivity contribution is 0.301. The molecular formula is C13H24N4O. The Balaban J connectivity index is 2.87. The fourth-order valence-corrected chi connectivity index (χ4v) is 1.76. The Labute approximate surface area is 109 Å². The first kappa shape index (κ1) is 14.7. The summed E-state index contributed by atoms with van der Waals surface area (Å²) >= 11 is 0. The van der Waals surface area contributed by atoms with E-state index in [1.54, 1.807) is 0 Å². The van der Waals surface area contributed by atoms with Gasteiger partial charge in [-0.05, 0) is 19.8 Å². The van der Waals surface area contributed by atoms with Crippen LogP contribution in [0.5, 0.6) is 0 Å². The minimum absolute atomic E-state index is 0.140. The summed E-state index contributed by atoms with van der Waals surface area (Å²) in [7, 11) is 0. The summed E-state index contributed by atoms with van der Waals surface area (Å²) < 4.78 is 0. The van der Waals surface area contributed by atoms with Gasteiger partial charge in [-0.25, -0.2) is 4.98 Å². The summed E-state index contributed by atoms with van der Waals surface area (Å²) in [4.78, 5) is 11.0. The van der Waals surface area contributed by atoms with E-state index in [9.17, 15) is 0 Å². The fourth-order valence-electron chi connectivity index (χ4n) is 1.76. The van der Waals surface area contributed by atoms with Crippen LogP contribution in [-0.2, 0) is 0 Å². The molecular weight excluding hydrogens is 228 g/mol. The standard InChI is InChI=1S/C13H24N4O/c1-4-6-14-13-15-11(3)10-12(16-13)17(7-5-2)8-9-18/h10,18H,4-9H2,1-3H3,(H,14,15,16). The maximum Gasteiger partial charge on any atom is 0.224 e. The Morgan fingerprint density at radius 3 is 2.61 bits per heavy atom. The van der Waals surface area contributed by atoms with Crippen molar-refractivity contribution in [1.29, 1.82) is 0 Å². The van der Waals surface area contributed by atoms with Crippen LogP contribution in [0, 0.1) is 6.92 Å². The molecule has 0 atom stereocenters. The zero-order chi connectivity index (χ0) is 13.4. The molecule has 5 heteroatoms. The molecule has 1 rings (SSSR count). The summed E-state index contributed by atoms with van der Waals surface area (Å²) in [5, 5.41) is 12.3. The van der Waals surface area contributed by atoms with Crippen LogP contribution in [-0.4, -0.2) is 41.3 Å². The van der Waals surface area contributed by atoms with Gasteiger partial charge in [-0.15, -0.1) is 0 Å². The van der Waals surface area contributed by atoms with Gasteiger partial charge in [0.2, 0.25) is 5.95 Å². The number of anilines is 2. The smallest absolute Gasteiger partial charge is 0.224 e. The van der Waals surface area contributed by atoms with Crippen LogP contribution in [0.25, 0.3) is 0 Å². The summed E-state index contributed by atoms with van der Waals surface area (Å²) in [6, 6.07) is 1.96. The van der Waals surface area contributed by atoms with Crippen LogP contribution in [0.4, 0.5) is 11.8 Å². The summed E-state index contributed by atoms with van der Waals surface area (Å²) in [6.45, 7) is 8.71. The largest absolute Gasteiger partial charge is 0.395 e. The highest BCUT2D eigenvalue weighted by Crippen LogP contribution is 2.15. The van der Waals surface area contributed by atoms with Crippen molar-refractivity contribution in [2.24, 2.45) is 0 Å². The van der Waals surface area contributed by atoms with E-state index in [-0.39, 0.29) is 6.61 Å². The fraction of sp³-hybridized carbons (Fsp3) is 0.692. The van der Waals surface area contributed by atoms with Crippen molar-refractivity contribution in [3.05, 3.63) is 11.8 Å². The number of nitrogens with one attached hydrogen (secondary N) is 1. The average Bonchev–Trinajstić information content (AvgIpc) is 2.35. The van der Waals surface area contributed by atoms with Crippen LogP contribution in [0.3, 0.4) is 0 Å². The van der Waals surface area contributed by atoms with Gasteiger partial charge in [-0.3, -0.25) is 0 Å². The third-order valence-electron chi connectivity index (χ3n) is 2.56. The lowest BCUT2D eigenvalue weighted by atomic mass is 10.3. The van der Waals surface area contributed by atoms with Crippen molar-refractivity contribution >= 4 is 11.8 Å². The molecule has 0 saturated heterocycles. The van der Waals surface area contributed by atoms with Gasteiger partial charge in [0, 0.05) is 31.4 Å². The number of hydrogen-bond acceptors (Lipinski definition) is 5. The number of aryl methyl sites for hydroxylation is 1. The van der Waals surface area contributed by atoms with Crippen molar-refractivity contribution in [3.63, 3.8) is 0 Å². The van der Waals surface area contributed by atoms with E-state index in [1.807, 2.05) is 13.0 Å². The quantitative estimate of drug-likeness (QED) is 0.739. The zero-order valence-corrected chi connectivity index (χ0v) is 11.6. The second-order valence-electron chi connectivity index (χ2n) is 4.33. The summed E-state index contributed by atoms with van der Waals surface area (Å²) in [6.07, 6.45) is 2.07. The second-order valence-corrected chi connectivity index (χ2v) is 4.33. The predicted octanol–water partition coefficient (Wildman–Crippen LogP) is 1.82. The lowest BCUT2D eigenvalue weighted by Gasteiger charge is -2.22. The minimum Gasteiger partial charge on any atom is -0.395 e. The Bertz CT molecular complexity index is 351. The van der Waals surface area contributed by atoms with Crippen molar-refractivity contribution in [2.75, 3.05) is 36.5 Å². The third-order valence-corrected chi connectivity index (χ3v) is 2.56. The van der Waals surface area contributed by atoms with Crippen LogP contribution in [0.1, 0.15) is 32.4 Å². The van der Waals surface area contributed by atoms with Gasteiger partial charge in [0.15, 0.2) is 0 Å². The monoisotopic (exact) mass is 252 g/mol. The van der Waals surface area contributed by atoms with Gasteiger partial charge in [0.1, 0.15) is 5.82 Å². The molecule has 0 aliphatic heterocycles. The van der Waals surface area contributed by atoms with Gasteiger partial charge < -0.3 is 15.3 Å². The molecule has 0 aliphatic carbocycles. The molecule has 0 aliphatic rings. The van der Waals surface area contributed by atoms with Crippen LogP contribution in [0.2, 0.25) is 0 Å². The maximum atomic E-state index is 9.10. The molecule has 0 amide bonds. The molecule has 0 aromatic carbocycles. The highest BCUT2D eigenvalue weighted by atomic mass is 16.3. The Kier molecular flexibility index (Phi) is 6.43. The van der Waals surface area contributed by atoms with Crippen LogP contribution in [0.15, 0.2) is 6.07 Å². The first-order valence-electron chi connectivity index (χ1n) is 6.66. The van der Waals surface area contributed by atoms with Gasteiger partial charge in [0.25, 0.3) is 0 Å². The van der Waals surface area contributed by atoms with Gasteiger partial charge in [-0.2, -0.15) is 4.98 Å². The summed E-state index contributed by atoms with van der Waals surface area (Å²) in [5.74, 6) is 1.56. The molecule has 5 nitrogen and oxygen atoms in total. The Morgan fingerprint density at radius 2 is 2.00 bits per heavy atom. The predicted molar refractivity (Wildman–Crippen MR) is 75.1 cm³/mol. The van der Waals surface area contributed by atoms with E-state index in [2.05, 4.69) is 34.0 Å². The Hall–Kier alpha value is -1.36. The first-order chi connectivity index (χ1) is 8.71. The van der Waals surface area contributed by atoms with E-state index in [0.717, 1.165) is 37.4 Å². The van der Waals surface area contributed by atoms with E-state index in [4.69, 9.17) is 5.11 Å². The van der Waals surface area contributed by atoms with Gasteiger partial charge >= 0.3 is 0 Å². The molecule has 2 N–H and O–H groups in total. The molecule has 0 saturated carbocycles. The summed E-state index contributed by atoms with van der Waals surface area (Å²) in [5.41, 5.74) is 0.942. The van der Waals surface area contributed by atoms with Gasteiger partial charge in [-0.1, -0.05) is 13.8 Å². The minimum atomic E-state index is 0.140. The molecule has 1 heterocycles. The number of hydrogen-bond donors (Lipinski definition) is 2. The SMILES string of the molecule is CCCNc1nc(C)cc(N(CCC)CCO)n1. The van der Waals surface area contributed by atoms with Crippen molar-refractivity contribution in [2.45, 2.75) is 33.6 Å². The highest BCUT2D eigenvalue weighted by molar-refractivity contribution is 5.44. The molecule has 0 spiro atoms. The van der Waals surface area contributed by atoms with E-state index in [0.29, 0.717) is 12.5 Å². The molecule has 0 unspecified atom stereocenters. The van der Waals surface area contributed by atoms with Crippen molar-refractivity contribution < 1.29 is 5.11 Å². The van der Waals surface area contributed by atoms with Crippen LogP contribution < -0.4 is 10.2 Å². The second kappa shape index (κ2) is 7.87. The average molecular weight is 252 g/mol. The number of aliphatic hydroxyl groups excluding tert-OH is 1. The van der Waals surface area contributed by atoms with E-state index < -0.39 is 0 Å². The number of nitrogens with zero attached hydrogens (tertiary/aromatic N) is 3. The molecule has 0 radical (unpaired) electrons. The van der Waals surface area contributed by atoms with Gasteiger partial charge in [0.05, 0.1) is 6.61 Å². The third kappa shape index (κ3) is 4.49. The molecule has 1 aromatic rings. The molecule has 18 heavy (non-hydrogen) atoms. The molecule has 0 bridgehead atoms. The highest BCUT2D eigenvalue weighted by Gasteiger charge is 2.09. The van der Waals surface area contributed by atoms with Crippen molar-refractivity contribution in [1.82, 2.24) is 9.97 Å². The number of aliphatic hydroxyl groups is 1. The van der Waals surface area contributed by atoms with E-state index >= 15 is 0 Å². The van der Waals surface area contributed by atoms with Crippen LogP contribution >= 0.6 is 0 Å². The van der Waals surface area contributed by atoms with E-state index in [1.165, 1.54) is 0 Å².